The zero-order valence-corrected chi connectivity index (χ0v) is 20.2. The number of carbonyl (C=O) groups is 1. The van der Waals surface area contributed by atoms with Gasteiger partial charge in [-0.15, -0.1) is 0 Å². The number of hydrogen-bond acceptors (Lipinski definition) is 6. The molecule has 0 saturated carbocycles. The number of benzene rings is 3. The molecule has 0 bridgehead atoms. The lowest BCUT2D eigenvalue weighted by Crippen LogP contribution is -2.23. The van der Waals surface area contributed by atoms with Gasteiger partial charge in [-0.3, -0.25) is 14.2 Å². The average Bonchev–Trinajstić information content (AvgIpc) is 2.78. The van der Waals surface area contributed by atoms with Crippen LogP contribution in [0, 0.1) is 0 Å². The predicted octanol–water partition coefficient (Wildman–Crippen LogP) is 3.53. The van der Waals surface area contributed by atoms with Crippen LogP contribution in [0.3, 0.4) is 0 Å². The normalized spacial score (nSPS) is 11.5. The number of rotatable bonds is 6. The number of nitrogens with two attached hydrogens (primary N) is 1. The third kappa shape index (κ3) is 5.33. The Balaban J connectivity index is 1.60. The van der Waals surface area contributed by atoms with Gasteiger partial charge in [0.25, 0.3) is 5.56 Å². The molecule has 4 rings (SSSR count). The van der Waals surface area contributed by atoms with Crippen LogP contribution in [0.25, 0.3) is 16.6 Å². The highest BCUT2D eigenvalue weighted by atomic mass is 79.9. The molecule has 0 aliphatic rings. The van der Waals surface area contributed by atoms with Crippen molar-refractivity contribution < 1.29 is 13.2 Å². The van der Waals surface area contributed by atoms with E-state index in [9.17, 15) is 18.0 Å². The van der Waals surface area contributed by atoms with E-state index in [0.29, 0.717) is 27.4 Å². The van der Waals surface area contributed by atoms with Crippen LogP contribution in [0.2, 0.25) is 0 Å². The van der Waals surface area contributed by atoms with Crippen molar-refractivity contribution in [1.82, 2.24) is 9.55 Å². The lowest BCUT2D eigenvalue weighted by molar-refractivity contribution is -0.113. The molecule has 3 N–H and O–H groups in total. The summed E-state index contributed by atoms with van der Waals surface area (Å²) in [5, 5.41) is 8.63. The van der Waals surface area contributed by atoms with Crippen molar-refractivity contribution in [2.75, 3.05) is 11.1 Å². The van der Waals surface area contributed by atoms with Gasteiger partial charge in [0.05, 0.1) is 27.2 Å². The topological polar surface area (TPSA) is 124 Å². The summed E-state index contributed by atoms with van der Waals surface area (Å²) in [5.74, 6) is -0.355. The maximum absolute atomic E-state index is 13.2. The first-order valence-electron chi connectivity index (χ1n) is 9.55. The molecule has 4 aromatic rings. The van der Waals surface area contributed by atoms with Gasteiger partial charge in [0, 0.05) is 10.2 Å². The number of fused-ring (bicyclic) bond motifs is 1. The number of primary sulfonamides is 1. The highest BCUT2D eigenvalue weighted by Crippen LogP contribution is 2.23. The van der Waals surface area contributed by atoms with Gasteiger partial charge < -0.3 is 5.32 Å². The van der Waals surface area contributed by atoms with E-state index < -0.39 is 10.0 Å². The molecular weight excluding hydrogens is 528 g/mol. The minimum atomic E-state index is -3.81. The zero-order valence-electron chi connectivity index (χ0n) is 16.9. The highest BCUT2D eigenvalue weighted by molar-refractivity contribution is 9.10. The van der Waals surface area contributed by atoms with E-state index in [0.717, 1.165) is 16.2 Å². The molecule has 0 spiro atoms. The van der Waals surface area contributed by atoms with Crippen molar-refractivity contribution in [3.8, 4) is 5.69 Å². The monoisotopic (exact) mass is 544 g/mol. The molecule has 0 fully saturated rings. The van der Waals surface area contributed by atoms with Crippen molar-refractivity contribution in [2.45, 2.75) is 10.1 Å². The summed E-state index contributed by atoms with van der Waals surface area (Å²) in [6.07, 6.45) is 0. The van der Waals surface area contributed by atoms with Crippen LogP contribution in [0.1, 0.15) is 0 Å². The van der Waals surface area contributed by atoms with Crippen LogP contribution in [-0.4, -0.2) is 29.6 Å². The summed E-state index contributed by atoms with van der Waals surface area (Å²) in [6.45, 7) is 0. The second-order valence-corrected chi connectivity index (χ2v) is 10.4. The molecule has 0 aliphatic heterocycles. The van der Waals surface area contributed by atoms with E-state index in [1.165, 1.54) is 28.8 Å². The van der Waals surface area contributed by atoms with Crippen LogP contribution in [0.15, 0.2) is 92.1 Å². The van der Waals surface area contributed by atoms with Gasteiger partial charge in [-0.25, -0.2) is 18.5 Å². The minimum Gasteiger partial charge on any atom is -0.325 e. The fraction of sp³-hybridized carbons (Fsp3) is 0.0455. The van der Waals surface area contributed by atoms with E-state index in [1.807, 2.05) is 12.1 Å². The lowest BCUT2D eigenvalue weighted by atomic mass is 10.2. The smallest absolute Gasteiger partial charge is 0.266 e. The number of carbonyl (C=O) groups excluding carboxylic acids is 1. The Morgan fingerprint density at radius 1 is 1.03 bits per heavy atom. The van der Waals surface area contributed by atoms with Crippen molar-refractivity contribution in [2.24, 2.45) is 5.14 Å². The first-order chi connectivity index (χ1) is 15.7. The Morgan fingerprint density at radius 3 is 2.36 bits per heavy atom. The molecule has 33 heavy (non-hydrogen) atoms. The second kappa shape index (κ2) is 9.48. The van der Waals surface area contributed by atoms with E-state index >= 15 is 0 Å². The SMILES string of the molecule is NS(=O)(=O)c1ccc(NC(=O)CSc2nc3ccccc3c(=O)n2-c2ccc(Br)cc2)cc1. The van der Waals surface area contributed by atoms with Gasteiger partial charge in [-0.2, -0.15) is 0 Å². The molecule has 1 heterocycles. The standard InChI is InChI=1S/C22H17BrN4O4S2/c23-14-5-9-16(10-6-14)27-21(29)18-3-1-2-4-19(18)26-22(27)32-13-20(28)25-15-7-11-17(12-8-15)33(24,30)31/h1-12H,13H2,(H,25,28)(H2,24,30,31). The van der Waals surface area contributed by atoms with Gasteiger partial charge in [0.1, 0.15) is 0 Å². The van der Waals surface area contributed by atoms with Crippen molar-refractivity contribution in [3.05, 3.63) is 87.6 Å². The Labute approximate surface area is 202 Å². The van der Waals surface area contributed by atoms with Gasteiger partial charge in [-0.1, -0.05) is 39.8 Å². The Kier molecular flexibility index (Phi) is 6.66. The summed E-state index contributed by atoms with van der Waals surface area (Å²) in [6, 6.07) is 19.8. The number of para-hydroxylation sites is 1. The molecule has 0 radical (unpaired) electrons. The van der Waals surface area contributed by atoms with Crippen molar-refractivity contribution in [3.63, 3.8) is 0 Å². The molecule has 8 nitrogen and oxygen atoms in total. The van der Waals surface area contributed by atoms with E-state index in [1.54, 1.807) is 36.4 Å². The van der Waals surface area contributed by atoms with E-state index in [-0.39, 0.29) is 22.1 Å². The molecule has 0 aliphatic carbocycles. The molecule has 168 valence electrons. The Bertz CT molecular complexity index is 1500. The summed E-state index contributed by atoms with van der Waals surface area (Å²) in [7, 11) is -3.81. The number of nitrogens with zero attached hydrogens (tertiary/aromatic N) is 2. The largest absolute Gasteiger partial charge is 0.325 e. The third-order valence-electron chi connectivity index (χ3n) is 4.63. The van der Waals surface area contributed by atoms with Crippen LogP contribution in [0.5, 0.6) is 0 Å². The maximum Gasteiger partial charge on any atom is 0.266 e. The van der Waals surface area contributed by atoms with Crippen molar-refractivity contribution in [1.29, 1.82) is 0 Å². The third-order valence-corrected chi connectivity index (χ3v) is 7.03. The van der Waals surface area contributed by atoms with Gasteiger partial charge in [0.15, 0.2) is 5.16 Å². The van der Waals surface area contributed by atoms with Crippen LogP contribution < -0.4 is 16.0 Å². The lowest BCUT2D eigenvalue weighted by Gasteiger charge is -2.13. The molecule has 1 aromatic heterocycles. The number of halogens is 1. The maximum atomic E-state index is 13.2. The molecule has 3 aromatic carbocycles. The minimum absolute atomic E-state index is 0.0156. The van der Waals surface area contributed by atoms with E-state index in [2.05, 4.69) is 26.2 Å². The van der Waals surface area contributed by atoms with Gasteiger partial charge >= 0.3 is 0 Å². The van der Waals surface area contributed by atoms with Crippen molar-refractivity contribution >= 4 is 60.2 Å². The highest BCUT2D eigenvalue weighted by Gasteiger charge is 2.15. The number of hydrogen-bond donors (Lipinski definition) is 2. The molecule has 11 heteroatoms. The first kappa shape index (κ1) is 23.2. The first-order valence-corrected chi connectivity index (χ1v) is 12.9. The van der Waals surface area contributed by atoms with Crippen LogP contribution in [0.4, 0.5) is 5.69 Å². The molecular formula is C22H17BrN4O4S2. The molecule has 0 saturated heterocycles. The van der Waals surface area contributed by atoms with Gasteiger partial charge in [0.2, 0.25) is 15.9 Å². The number of nitrogens with one attached hydrogen (secondary N) is 1. The average molecular weight is 545 g/mol. The fourth-order valence-electron chi connectivity index (χ4n) is 3.08. The summed E-state index contributed by atoms with van der Waals surface area (Å²) in [4.78, 5) is 30.3. The van der Waals surface area contributed by atoms with Crippen LogP contribution >= 0.6 is 27.7 Å². The van der Waals surface area contributed by atoms with E-state index in [4.69, 9.17) is 5.14 Å². The Hall–Kier alpha value is -2.99. The zero-order chi connectivity index (χ0) is 23.6. The summed E-state index contributed by atoms with van der Waals surface area (Å²) in [5.41, 5.74) is 1.36. The summed E-state index contributed by atoms with van der Waals surface area (Å²) >= 11 is 4.51. The predicted molar refractivity (Wildman–Crippen MR) is 132 cm³/mol. The fourth-order valence-corrected chi connectivity index (χ4v) is 4.67. The molecule has 0 unspecified atom stereocenters. The number of thioether (sulfide) groups is 1. The van der Waals surface area contributed by atoms with Crippen LogP contribution in [-0.2, 0) is 14.8 Å². The summed E-state index contributed by atoms with van der Waals surface area (Å²) < 4.78 is 25.1. The number of sulfonamides is 1. The van der Waals surface area contributed by atoms with Gasteiger partial charge in [-0.05, 0) is 60.7 Å². The number of anilines is 1. The molecule has 1 amide bonds. The quantitative estimate of drug-likeness (QED) is 0.282. The molecule has 0 atom stereocenters. The number of amides is 1. The Morgan fingerprint density at radius 2 is 1.70 bits per heavy atom. The second-order valence-electron chi connectivity index (χ2n) is 6.93. The number of aromatic nitrogens is 2.